The Labute approximate surface area is 276 Å². The number of likely N-dealkylation sites (N-methyl/N-ethyl adjacent to an activating group) is 1. The summed E-state index contributed by atoms with van der Waals surface area (Å²) >= 11 is 0. The summed E-state index contributed by atoms with van der Waals surface area (Å²) in [5.74, 6) is -0.946. The molecule has 3 amide bonds. The SMILES string of the molecule is CCCc1ccc(CC[C@@H](C(=O)C[C@@H](CCCCN(C(=O)OC(C)(C)C)C(N)=NC(=O)OC(C)(C)C)C(=O)N(C)C)N(C)C)cc1. The molecule has 46 heavy (non-hydrogen) atoms. The molecule has 0 fully saturated rings. The summed E-state index contributed by atoms with van der Waals surface area (Å²) in [5.41, 5.74) is 6.98. The molecule has 0 saturated carbocycles. The highest BCUT2D eigenvalue weighted by molar-refractivity contribution is 5.98. The Hall–Kier alpha value is -3.47. The molecule has 260 valence electrons. The number of rotatable bonds is 15. The lowest BCUT2D eigenvalue weighted by atomic mass is 9.90. The molecule has 0 aliphatic rings. The van der Waals surface area contributed by atoms with Crippen molar-refractivity contribution in [3.8, 4) is 0 Å². The third-order valence-electron chi connectivity index (χ3n) is 7.17. The van der Waals surface area contributed by atoms with Crippen LogP contribution in [0, 0.1) is 5.92 Å². The first kappa shape index (κ1) is 40.6. The molecule has 11 nitrogen and oxygen atoms in total. The van der Waals surface area contributed by atoms with Gasteiger partial charge in [-0.15, -0.1) is 4.99 Å². The second kappa shape index (κ2) is 18.6. The van der Waals surface area contributed by atoms with Crippen molar-refractivity contribution >= 4 is 29.8 Å². The number of Topliss-reactive ketones (excluding diaryl/α,β-unsaturated/α-hetero) is 1. The Morgan fingerprint density at radius 1 is 0.826 bits per heavy atom. The maximum atomic E-state index is 13.6. The summed E-state index contributed by atoms with van der Waals surface area (Å²) < 4.78 is 10.7. The average molecular weight is 646 g/mol. The summed E-state index contributed by atoms with van der Waals surface area (Å²) in [5, 5.41) is 0. The van der Waals surface area contributed by atoms with Crippen molar-refractivity contribution in [2.45, 2.75) is 117 Å². The first-order valence-electron chi connectivity index (χ1n) is 16.3. The molecule has 2 atom stereocenters. The van der Waals surface area contributed by atoms with E-state index in [0.29, 0.717) is 25.7 Å². The minimum Gasteiger partial charge on any atom is -0.443 e. The van der Waals surface area contributed by atoms with Crippen LogP contribution in [0.2, 0.25) is 0 Å². The van der Waals surface area contributed by atoms with Gasteiger partial charge in [-0.05, 0) is 98.9 Å². The van der Waals surface area contributed by atoms with Gasteiger partial charge in [0.15, 0.2) is 5.78 Å². The number of nitrogens with zero attached hydrogens (tertiary/aromatic N) is 4. The van der Waals surface area contributed by atoms with Crippen LogP contribution in [-0.2, 0) is 31.9 Å². The smallest absolute Gasteiger partial charge is 0.437 e. The van der Waals surface area contributed by atoms with Crippen molar-refractivity contribution in [1.82, 2.24) is 14.7 Å². The van der Waals surface area contributed by atoms with Crippen LogP contribution in [-0.4, -0.2) is 96.5 Å². The monoisotopic (exact) mass is 645 g/mol. The lowest BCUT2D eigenvalue weighted by Gasteiger charge is -2.27. The quantitative estimate of drug-likeness (QED) is 0.143. The number of ketones is 1. The number of hydrogen-bond donors (Lipinski definition) is 1. The highest BCUT2D eigenvalue weighted by Gasteiger charge is 2.30. The number of aliphatic imine (C=N–C) groups is 1. The third kappa shape index (κ3) is 15.7. The van der Waals surface area contributed by atoms with Crippen molar-refractivity contribution in [3.05, 3.63) is 35.4 Å². The minimum atomic E-state index is -0.919. The molecule has 0 heterocycles. The van der Waals surface area contributed by atoms with Crippen LogP contribution in [0.1, 0.15) is 98.1 Å². The van der Waals surface area contributed by atoms with E-state index in [1.54, 1.807) is 55.6 Å². The first-order chi connectivity index (χ1) is 21.2. The molecule has 0 saturated heterocycles. The highest BCUT2D eigenvalue weighted by atomic mass is 16.6. The van der Waals surface area contributed by atoms with Crippen LogP contribution in [0.25, 0.3) is 0 Å². The number of carbonyl (C=O) groups excluding carboxylic acids is 4. The lowest BCUT2D eigenvalue weighted by Crippen LogP contribution is -2.45. The number of hydrogen-bond acceptors (Lipinski definition) is 7. The Morgan fingerprint density at radius 2 is 1.37 bits per heavy atom. The lowest BCUT2D eigenvalue weighted by molar-refractivity contribution is -0.137. The predicted molar refractivity (Wildman–Crippen MR) is 183 cm³/mol. The van der Waals surface area contributed by atoms with Gasteiger partial charge in [0.05, 0.1) is 6.04 Å². The summed E-state index contributed by atoms with van der Waals surface area (Å²) in [7, 11) is 7.15. The standard InChI is InChI=1S/C35H59N5O6/c1-12-15-25-17-19-26(20-18-25)21-22-28(38(8)9)29(41)24-27(30(42)39(10)11)16-13-14-23-40(33(44)46-35(5,6)7)31(36)37-32(43)45-34(2,3)4/h17-20,27-28H,12-16,21-24H2,1-11H3,(H2,36,37,43)/t27-,28+/m1/s1. The number of nitrogens with two attached hydrogens (primary N) is 1. The molecule has 0 bridgehead atoms. The van der Waals surface area contributed by atoms with E-state index < -0.39 is 29.3 Å². The average Bonchev–Trinajstić information content (AvgIpc) is 2.90. The fourth-order valence-electron chi connectivity index (χ4n) is 4.94. The minimum absolute atomic E-state index is 0.0249. The van der Waals surface area contributed by atoms with Crippen LogP contribution >= 0.6 is 0 Å². The number of benzene rings is 1. The number of carbonyl (C=O) groups is 4. The van der Waals surface area contributed by atoms with E-state index in [2.05, 4.69) is 36.2 Å². The van der Waals surface area contributed by atoms with E-state index in [-0.39, 0.29) is 36.7 Å². The van der Waals surface area contributed by atoms with Crippen molar-refractivity contribution in [3.63, 3.8) is 0 Å². The summed E-state index contributed by atoms with van der Waals surface area (Å²) in [6.07, 6.45) is 3.41. The molecule has 0 aliphatic heterocycles. The van der Waals surface area contributed by atoms with E-state index in [9.17, 15) is 19.2 Å². The summed E-state index contributed by atoms with van der Waals surface area (Å²) in [6.45, 7) is 12.5. The largest absolute Gasteiger partial charge is 0.443 e. The topological polar surface area (TPSA) is 135 Å². The van der Waals surface area contributed by atoms with E-state index in [1.165, 1.54) is 16.0 Å². The van der Waals surface area contributed by atoms with Gasteiger partial charge in [-0.2, -0.15) is 0 Å². The van der Waals surface area contributed by atoms with Crippen molar-refractivity contribution < 1.29 is 28.7 Å². The van der Waals surface area contributed by atoms with Crippen LogP contribution < -0.4 is 5.73 Å². The van der Waals surface area contributed by atoms with Gasteiger partial charge in [0, 0.05) is 33.0 Å². The number of ether oxygens (including phenoxy) is 2. The Kier molecular flexibility index (Phi) is 16.4. The predicted octanol–water partition coefficient (Wildman–Crippen LogP) is 5.82. The first-order valence-corrected chi connectivity index (χ1v) is 16.3. The molecule has 0 aromatic heterocycles. The summed E-state index contributed by atoms with van der Waals surface area (Å²) in [4.78, 5) is 60.3. The van der Waals surface area contributed by atoms with E-state index in [1.807, 2.05) is 19.0 Å². The number of guanidine groups is 1. The zero-order chi connectivity index (χ0) is 35.2. The molecule has 0 spiro atoms. The van der Waals surface area contributed by atoms with E-state index >= 15 is 0 Å². The van der Waals surface area contributed by atoms with Gasteiger partial charge in [-0.3, -0.25) is 14.5 Å². The molecule has 0 aliphatic carbocycles. The second-order valence-corrected chi connectivity index (χ2v) is 14.3. The maximum Gasteiger partial charge on any atom is 0.437 e. The zero-order valence-electron chi connectivity index (χ0n) is 30.1. The van der Waals surface area contributed by atoms with Gasteiger partial charge in [-0.1, -0.05) is 44.0 Å². The highest BCUT2D eigenvalue weighted by Crippen LogP contribution is 2.21. The van der Waals surface area contributed by atoms with Crippen LogP contribution in [0.5, 0.6) is 0 Å². The second-order valence-electron chi connectivity index (χ2n) is 14.3. The molecule has 0 unspecified atom stereocenters. The van der Waals surface area contributed by atoms with Crippen LogP contribution in [0.3, 0.4) is 0 Å². The number of amides is 3. The molecule has 2 N–H and O–H groups in total. The number of aryl methyl sites for hydroxylation is 2. The number of unbranched alkanes of at least 4 members (excludes halogenated alkanes) is 1. The van der Waals surface area contributed by atoms with Gasteiger partial charge in [-0.25, -0.2) is 14.5 Å². The van der Waals surface area contributed by atoms with E-state index in [4.69, 9.17) is 15.2 Å². The van der Waals surface area contributed by atoms with Gasteiger partial charge in [0.25, 0.3) is 0 Å². The normalized spacial score (nSPS) is 13.6. The van der Waals surface area contributed by atoms with Gasteiger partial charge >= 0.3 is 12.2 Å². The molecule has 1 rings (SSSR count). The fourth-order valence-corrected chi connectivity index (χ4v) is 4.94. The van der Waals surface area contributed by atoms with Crippen LogP contribution in [0.15, 0.2) is 29.3 Å². The van der Waals surface area contributed by atoms with Crippen LogP contribution in [0.4, 0.5) is 9.59 Å². The Morgan fingerprint density at radius 3 is 1.85 bits per heavy atom. The van der Waals surface area contributed by atoms with Crippen molar-refractivity contribution in [1.29, 1.82) is 0 Å². The Bertz CT molecular complexity index is 1170. The molecular formula is C35H59N5O6. The molecule has 0 radical (unpaired) electrons. The van der Waals surface area contributed by atoms with Crippen molar-refractivity contribution in [2.24, 2.45) is 16.6 Å². The molecular weight excluding hydrogens is 586 g/mol. The maximum absolute atomic E-state index is 13.6. The molecule has 1 aromatic rings. The Balaban J connectivity index is 2.97. The van der Waals surface area contributed by atoms with Gasteiger partial charge < -0.3 is 20.1 Å². The zero-order valence-corrected chi connectivity index (χ0v) is 30.1. The third-order valence-corrected chi connectivity index (χ3v) is 7.17. The van der Waals surface area contributed by atoms with Crippen molar-refractivity contribution in [2.75, 3.05) is 34.7 Å². The molecule has 1 aromatic carbocycles. The fraction of sp³-hybridized carbons (Fsp3) is 0.686. The van der Waals surface area contributed by atoms with E-state index in [0.717, 1.165) is 24.2 Å². The summed E-state index contributed by atoms with van der Waals surface area (Å²) in [6, 6.07) is 8.24. The van der Waals surface area contributed by atoms with Gasteiger partial charge in [0.1, 0.15) is 11.2 Å². The van der Waals surface area contributed by atoms with Gasteiger partial charge in [0.2, 0.25) is 11.9 Å². The molecule has 11 heteroatoms.